The highest BCUT2D eigenvalue weighted by atomic mass is 32.1. The van der Waals surface area contributed by atoms with Crippen LogP contribution in [-0.4, -0.2) is 9.97 Å². The lowest BCUT2D eigenvalue weighted by Gasteiger charge is -2.30. The van der Waals surface area contributed by atoms with Crippen LogP contribution in [0.5, 0.6) is 0 Å². The van der Waals surface area contributed by atoms with E-state index in [1.165, 1.54) is 93.4 Å². The quantitative estimate of drug-likeness (QED) is 0.135. The van der Waals surface area contributed by atoms with Gasteiger partial charge in [-0.3, -0.25) is 0 Å². The molecule has 2 aliphatic carbocycles. The Labute approximate surface area is 316 Å². The molecular weight excluding hydrogens is 673 g/mol. The number of thiazole rings is 1. The average molecular weight is 704 g/mol. The molecule has 2 nitrogen and oxygen atoms in total. The van der Waals surface area contributed by atoms with E-state index in [0.29, 0.717) is 0 Å². The Bertz CT molecular complexity index is 3070. The monoisotopic (exact) mass is 703 g/mol. The van der Waals surface area contributed by atoms with Gasteiger partial charge in [0.25, 0.3) is 5.01 Å². The number of nitrogens with zero attached hydrogens (tertiary/aromatic N) is 2. The molecule has 2 aromatic heterocycles. The normalized spacial score (nSPS) is 13.3. The fourth-order valence-corrected chi connectivity index (χ4v) is 10.6. The molecule has 0 fully saturated rings. The average Bonchev–Trinajstić information content (AvgIpc) is 3.91. The van der Waals surface area contributed by atoms with Gasteiger partial charge < -0.3 is 0 Å². The first-order valence-corrected chi connectivity index (χ1v) is 19.4. The topological polar surface area (TPSA) is 25.8 Å². The van der Waals surface area contributed by atoms with Gasteiger partial charge in [-0.05, 0) is 91.2 Å². The van der Waals surface area contributed by atoms with Crippen molar-refractivity contribution in [3.05, 3.63) is 204 Å². The number of pyridine rings is 1. The fourth-order valence-electron chi connectivity index (χ4n) is 9.51. The summed E-state index contributed by atoms with van der Waals surface area (Å²) in [6, 6.07) is 66.7. The van der Waals surface area contributed by atoms with Crippen molar-refractivity contribution in [2.45, 2.75) is 5.41 Å². The Morgan fingerprint density at radius 1 is 0.370 bits per heavy atom. The molecule has 2 aliphatic rings. The van der Waals surface area contributed by atoms with Gasteiger partial charge in [0.1, 0.15) is 5.52 Å². The van der Waals surface area contributed by atoms with Crippen molar-refractivity contribution in [3.63, 3.8) is 0 Å². The van der Waals surface area contributed by atoms with Crippen molar-refractivity contribution in [1.82, 2.24) is 9.97 Å². The summed E-state index contributed by atoms with van der Waals surface area (Å²) in [6.07, 6.45) is 0. The largest absolute Gasteiger partial charge is 0.272 e. The number of hydrogen-bond donors (Lipinski definition) is 0. The van der Waals surface area contributed by atoms with E-state index in [-0.39, 0.29) is 5.41 Å². The Morgan fingerprint density at radius 3 is 1.59 bits per heavy atom. The van der Waals surface area contributed by atoms with E-state index in [1.54, 1.807) is 0 Å². The number of aromatic nitrogens is 2. The van der Waals surface area contributed by atoms with E-state index < -0.39 is 0 Å². The van der Waals surface area contributed by atoms with Crippen LogP contribution < -0.4 is 0 Å². The molecule has 250 valence electrons. The lowest BCUT2D eigenvalue weighted by Crippen LogP contribution is -2.25. The van der Waals surface area contributed by atoms with Gasteiger partial charge in [-0.2, -0.15) is 4.98 Å². The molecule has 0 atom stereocenters. The zero-order chi connectivity index (χ0) is 35.4. The van der Waals surface area contributed by atoms with Crippen LogP contribution in [0.25, 0.3) is 87.1 Å². The lowest BCUT2D eigenvalue weighted by atomic mass is 9.70. The third kappa shape index (κ3) is 3.99. The van der Waals surface area contributed by atoms with Gasteiger partial charge in [0, 0.05) is 27.8 Å². The molecule has 0 radical (unpaired) electrons. The van der Waals surface area contributed by atoms with E-state index in [4.69, 9.17) is 9.97 Å². The summed E-state index contributed by atoms with van der Waals surface area (Å²) in [7, 11) is 0. The van der Waals surface area contributed by atoms with Gasteiger partial charge >= 0.3 is 0 Å². The summed E-state index contributed by atoms with van der Waals surface area (Å²) in [5, 5.41) is 4.74. The maximum absolute atomic E-state index is 5.38. The van der Waals surface area contributed by atoms with Gasteiger partial charge in [-0.1, -0.05) is 152 Å². The first kappa shape index (κ1) is 29.9. The lowest BCUT2D eigenvalue weighted by molar-refractivity contribution is 0.794. The summed E-state index contributed by atoms with van der Waals surface area (Å²) in [5.41, 5.74) is 18.0. The Kier molecular flexibility index (Phi) is 6.17. The number of fused-ring (bicyclic) bond motifs is 15. The summed E-state index contributed by atoms with van der Waals surface area (Å²) >= 11 is 1.17. The summed E-state index contributed by atoms with van der Waals surface area (Å²) in [4.78, 5) is 10.3. The highest BCUT2D eigenvalue weighted by Gasteiger charge is 2.52. The molecule has 8 aromatic carbocycles. The molecule has 0 aliphatic heterocycles. The van der Waals surface area contributed by atoms with Gasteiger partial charge in [0.15, 0.2) is 4.70 Å². The molecule has 2 heterocycles. The van der Waals surface area contributed by atoms with Crippen molar-refractivity contribution in [1.29, 1.82) is 0 Å². The maximum Gasteiger partial charge on any atom is 0.272 e. The third-order valence-electron chi connectivity index (χ3n) is 11.8. The smallest absolute Gasteiger partial charge is 0.247 e. The van der Waals surface area contributed by atoms with Crippen LogP contribution in [0.2, 0.25) is 0 Å². The predicted molar refractivity (Wildman–Crippen MR) is 226 cm³/mol. The molecular formula is C51H31N2S+. The standard InChI is InChI=1S/C51H30N2S/c1-5-15-40-35(11-1)36-12-2-6-16-41(36)51(40)42-17-7-3-13-37(42)48-43(51)30-29-39-47(48)38-14-4-8-18-44(38)52-49(39)33-25-21-31(22-26-33)32-23-27-34(28-24-32)50-53-45-19-9-10-20-46(45)54-50/h1-30H/p+1. The molecule has 0 saturated carbocycles. The number of hydrogen-bond acceptors (Lipinski definition) is 2. The van der Waals surface area contributed by atoms with E-state index in [2.05, 4.69) is 182 Å². The minimum Gasteiger partial charge on any atom is -0.247 e. The second-order valence-corrected chi connectivity index (χ2v) is 15.6. The second kappa shape index (κ2) is 11.2. The molecule has 0 N–H and O–H groups in total. The van der Waals surface area contributed by atoms with Gasteiger partial charge in [-0.15, -0.1) is 0 Å². The van der Waals surface area contributed by atoms with E-state index >= 15 is 0 Å². The minimum atomic E-state index is -0.386. The van der Waals surface area contributed by atoms with Crippen LogP contribution in [0.3, 0.4) is 0 Å². The van der Waals surface area contributed by atoms with Crippen LogP contribution in [-0.2, 0) is 5.41 Å². The predicted octanol–water partition coefficient (Wildman–Crippen LogP) is 13.1. The van der Waals surface area contributed by atoms with Gasteiger partial charge in [-0.25, -0.2) is 4.98 Å². The summed E-state index contributed by atoms with van der Waals surface area (Å²) in [6.45, 7) is 0. The molecule has 12 rings (SSSR count). The van der Waals surface area contributed by atoms with Crippen molar-refractivity contribution < 1.29 is 0 Å². The third-order valence-corrected chi connectivity index (χ3v) is 13.0. The first-order chi connectivity index (χ1) is 26.8. The van der Waals surface area contributed by atoms with Gasteiger partial charge in [0.05, 0.1) is 22.2 Å². The Balaban J connectivity index is 1.03. The van der Waals surface area contributed by atoms with Crippen molar-refractivity contribution in [3.8, 4) is 55.2 Å². The first-order valence-electron chi connectivity index (χ1n) is 18.5. The van der Waals surface area contributed by atoms with Crippen molar-refractivity contribution in [2.75, 3.05) is 0 Å². The summed E-state index contributed by atoms with van der Waals surface area (Å²) in [5.74, 6) is 0. The molecule has 0 amide bonds. The van der Waals surface area contributed by atoms with E-state index in [0.717, 1.165) is 27.3 Å². The molecule has 0 saturated heterocycles. The minimum absolute atomic E-state index is 0.386. The molecule has 3 heteroatoms. The SMILES string of the molecule is c1ccc2c(c1)-c1ccccc1C21c2ccccc2-c2c1ccc1c(-c3ccc(-c4ccc(-c5nc6ccccc6[sH+]5)cc4)cc3)nc3ccccc3c21. The van der Waals surface area contributed by atoms with Crippen LogP contribution in [0.4, 0.5) is 0 Å². The molecule has 1 spiro atoms. The fraction of sp³-hybridized carbons (Fsp3) is 0.0196. The van der Waals surface area contributed by atoms with Crippen molar-refractivity contribution >= 4 is 43.2 Å². The summed E-state index contributed by atoms with van der Waals surface area (Å²) < 4.78 is 1.27. The van der Waals surface area contributed by atoms with Crippen LogP contribution in [0.1, 0.15) is 22.3 Å². The zero-order valence-corrected chi connectivity index (χ0v) is 30.1. The maximum atomic E-state index is 5.38. The Hall–Kier alpha value is -6.68. The van der Waals surface area contributed by atoms with Crippen molar-refractivity contribution in [2.24, 2.45) is 0 Å². The zero-order valence-electron chi connectivity index (χ0n) is 29.2. The van der Waals surface area contributed by atoms with E-state index in [1.807, 2.05) is 0 Å². The molecule has 0 bridgehead atoms. The second-order valence-electron chi connectivity index (χ2n) is 14.5. The van der Waals surface area contributed by atoms with Crippen LogP contribution in [0.15, 0.2) is 182 Å². The highest BCUT2D eigenvalue weighted by molar-refractivity contribution is 7.21. The van der Waals surface area contributed by atoms with Gasteiger partial charge in [0.2, 0.25) is 0 Å². The highest BCUT2D eigenvalue weighted by Crippen LogP contribution is 2.64. The molecule has 54 heavy (non-hydrogen) atoms. The molecule has 10 aromatic rings. The number of para-hydroxylation sites is 2. The van der Waals surface area contributed by atoms with Crippen LogP contribution >= 0.6 is 11.3 Å². The number of rotatable bonds is 3. The Morgan fingerprint density at radius 2 is 0.907 bits per heavy atom. The van der Waals surface area contributed by atoms with Crippen LogP contribution in [0, 0.1) is 0 Å². The molecule has 0 unspecified atom stereocenters. The van der Waals surface area contributed by atoms with E-state index in [9.17, 15) is 0 Å². The number of benzene rings is 8.